The molecular formula is C15H13N7O3S. The Morgan fingerprint density at radius 3 is 2.73 bits per heavy atom. The van der Waals surface area contributed by atoms with Gasteiger partial charge < -0.3 is 9.73 Å². The number of hydrogen-bond acceptors (Lipinski definition) is 8. The molecule has 0 unspecified atom stereocenters. The zero-order chi connectivity index (χ0) is 18.4. The average molecular weight is 371 g/mol. The van der Waals surface area contributed by atoms with Gasteiger partial charge in [-0.1, -0.05) is 0 Å². The third kappa shape index (κ3) is 4.12. The lowest BCUT2D eigenvalue weighted by Crippen LogP contribution is -2.22. The number of furan rings is 1. The average Bonchev–Trinajstić information content (AvgIpc) is 3.35. The highest BCUT2D eigenvalue weighted by molar-refractivity contribution is 7.89. The van der Waals surface area contributed by atoms with E-state index in [4.69, 9.17) is 9.68 Å². The van der Waals surface area contributed by atoms with Crippen molar-refractivity contribution in [3.63, 3.8) is 0 Å². The van der Waals surface area contributed by atoms with Crippen LogP contribution in [0.25, 0.3) is 5.57 Å². The lowest BCUT2D eigenvalue weighted by molar-refractivity contribution is 0.498. The molecule has 10 nitrogen and oxygen atoms in total. The van der Waals surface area contributed by atoms with Crippen molar-refractivity contribution in [2.75, 3.05) is 5.32 Å². The Bertz CT molecular complexity index is 1020. The Morgan fingerprint density at radius 1 is 1.31 bits per heavy atom. The van der Waals surface area contributed by atoms with Crippen LogP contribution in [0.4, 0.5) is 5.69 Å². The van der Waals surface area contributed by atoms with Gasteiger partial charge in [0.05, 0.1) is 17.7 Å². The fraction of sp³-hybridized carbons (Fsp3) is 0.0667. The zero-order valence-electron chi connectivity index (χ0n) is 13.2. The first-order chi connectivity index (χ1) is 12.6. The van der Waals surface area contributed by atoms with E-state index in [-0.39, 0.29) is 22.8 Å². The second-order valence-electron chi connectivity index (χ2n) is 4.98. The SMILES string of the molecule is N#CC(=CNc1ccc(S(=O)(=O)NCc2ccco2)cc1)c1nn[nH]n1. The minimum Gasteiger partial charge on any atom is -0.468 e. The third-order valence-corrected chi connectivity index (χ3v) is 4.69. The molecule has 0 aliphatic carbocycles. The fourth-order valence-corrected chi connectivity index (χ4v) is 2.96. The van der Waals surface area contributed by atoms with Crippen molar-refractivity contribution in [1.29, 1.82) is 5.26 Å². The van der Waals surface area contributed by atoms with Gasteiger partial charge in [0.25, 0.3) is 0 Å². The number of allylic oxidation sites excluding steroid dienone is 1. The van der Waals surface area contributed by atoms with Crippen molar-refractivity contribution in [3.05, 3.63) is 60.4 Å². The number of nitrogens with zero attached hydrogens (tertiary/aromatic N) is 4. The summed E-state index contributed by atoms with van der Waals surface area (Å²) >= 11 is 0. The summed E-state index contributed by atoms with van der Waals surface area (Å²) in [6.45, 7) is 0.0638. The van der Waals surface area contributed by atoms with Gasteiger partial charge in [-0.05, 0) is 41.6 Å². The number of aromatic amines is 1. The number of hydrogen-bond donors (Lipinski definition) is 3. The molecule has 0 amide bonds. The summed E-state index contributed by atoms with van der Waals surface area (Å²) in [7, 11) is -3.66. The standard InChI is InChI=1S/C15H13N7O3S/c16-8-11(15-19-21-22-20-15)9-17-12-3-5-14(6-4-12)26(23,24)18-10-13-2-1-7-25-13/h1-7,9,17-18H,10H2,(H,19,20,21,22). The highest BCUT2D eigenvalue weighted by atomic mass is 32.2. The summed E-state index contributed by atoms with van der Waals surface area (Å²) in [5, 5.41) is 25.0. The number of benzene rings is 1. The topological polar surface area (TPSA) is 150 Å². The van der Waals surface area contributed by atoms with Gasteiger partial charge in [-0.15, -0.1) is 10.2 Å². The van der Waals surface area contributed by atoms with Crippen LogP contribution in [0.3, 0.4) is 0 Å². The van der Waals surface area contributed by atoms with Crippen LogP contribution in [0.5, 0.6) is 0 Å². The van der Waals surface area contributed by atoms with E-state index >= 15 is 0 Å². The van der Waals surface area contributed by atoms with Gasteiger partial charge in [0.2, 0.25) is 15.8 Å². The van der Waals surface area contributed by atoms with Gasteiger partial charge in [-0.25, -0.2) is 13.1 Å². The van der Waals surface area contributed by atoms with Gasteiger partial charge in [-0.2, -0.15) is 10.5 Å². The van der Waals surface area contributed by atoms with Crippen LogP contribution < -0.4 is 10.0 Å². The molecule has 2 aromatic heterocycles. The van der Waals surface area contributed by atoms with Gasteiger partial charge in [0.1, 0.15) is 17.4 Å². The molecule has 0 spiro atoms. The van der Waals surface area contributed by atoms with E-state index in [0.717, 1.165) is 0 Å². The lowest BCUT2D eigenvalue weighted by Gasteiger charge is -2.07. The van der Waals surface area contributed by atoms with Gasteiger partial charge >= 0.3 is 0 Å². The molecule has 3 rings (SSSR count). The number of sulfonamides is 1. The molecule has 0 aliphatic heterocycles. The Kier molecular flexibility index (Phi) is 5.07. The normalized spacial score (nSPS) is 11.9. The number of anilines is 1. The summed E-state index contributed by atoms with van der Waals surface area (Å²) in [6.07, 6.45) is 2.88. The molecule has 1 aromatic carbocycles. The van der Waals surface area contributed by atoms with Gasteiger partial charge in [-0.3, -0.25) is 0 Å². The smallest absolute Gasteiger partial charge is 0.240 e. The molecule has 0 atom stereocenters. The highest BCUT2D eigenvalue weighted by Gasteiger charge is 2.14. The Hall–Kier alpha value is -3.49. The third-order valence-electron chi connectivity index (χ3n) is 3.27. The van der Waals surface area contributed by atoms with E-state index in [2.05, 4.69) is 30.7 Å². The molecule has 0 fully saturated rings. The van der Waals surface area contributed by atoms with Crippen molar-refractivity contribution in [1.82, 2.24) is 25.3 Å². The summed E-state index contributed by atoms with van der Waals surface area (Å²) < 4.78 is 32.0. The minimum atomic E-state index is -3.66. The first-order valence-electron chi connectivity index (χ1n) is 7.31. The van der Waals surface area contributed by atoms with Crippen LogP contribution in [0.1, 0.15) is 11.6 Å². The van der Waals surface area contributed by atoms with Crippen molar-refractivity contribution in [2.24, 2.45) is 0 Å². The molecule has 11 heteroatoms. The summed E-state index contributed by atoms with van der Waals surface area (Å²) in [4.78, 5) is 0.109. The second kappa shape index (κ2) is 7.60. The maximum Gasteiger partial charge on any atom is 0.240 e. The Morgan fingerprint density at radius 2 is 2.12 bits per heavy atom. The predicted molar refractivity (Wildman–Crippen MR) is 90.6 cm³/mol. The van der Waals surface area contributed by atoms with Crippen molar-refractivity contribution >= 4 is 21.3 Å². The number of rotatable bonds is 7. The molecule has 26 heavy (non-hydrogen) atoms. The van der Waals surface area contributed by atoms with E-state index in [0.29, 0.717) is 11.4 Å². The molecule has 2 heterocycles. The van der Waals surface area contributed by atoms with Gasteiger partial charge in [0.15, 0.2) is 0 Å². The molecule has 0 radical (unpaired) electrons. The van der Waals surface area contributed by atoms with Crippen LogP contribution in [0.2, 0.25) is 0 Å². The monoisotopic (exact) mass is 371 g/mol. The summed E-state index contributed by atoms with van der Waals surface area (Å²) in [5.41, 5.74) is 0.766. The molecule has 132 valence electrons. The van der Waals surface area contributed by atoms with E-state index in [9.17, 15) is 8.42 Å². The molecule has 3 aromatic rings. The molecule has 3 N–H and O–H groups in total. The largest absolute Gasteiger partial charge is 0.468 e. The van der Waals surface area contributed by atoms with Crippen LogP contribution in [-0.2, 0) is 16.6 Å². The van der Waals surface area contributed by atoms with Crippen LogP contribution >= 0.6 is 0 Å². The van der Waals surface area contributed by atoms with Crippen molar-refractivity contribution < 1.29 is 12.8 Å². The zero-order valence-corrected chi connectivity index (χ0v) is 14.1. The van der Waals surface area contributed by atoms with Crippen LogP contribution in [0.15, 0.2) is 58.2 Å². The molecule has 0 aliphatic rings. The molecular weight excluding hydrogens is 358 g/mol. The van der Waals surface area contributed by atoms with Gasteiger partial charge in [0, 0.05) is 11.9 Å². The summed E-state index contributed by atoms with van der Waals surface area (Å²) in [6, 6.07) is 11.3. The number of H-pyrrole nitrogens is 1. The Balaban J connectivity index is 1.67. The van der Waals surface area contributed by atoms with E-state index in [1.165, 1.54) is 24.6 Å². The first-order valence-corrected chi connectivity index (χ1v) is 8.79. The van der Waals surface area contributed by atoms with Crippen LogP contribution in [0, 0.1) is 11.3 Å². The number of aromatic nitrogens is 4. The highest BCUT2D eigenvalue weighted by Crippen LogP contribution is 2.16. The quantitative estimate of drug-likeness (QED) is 0.525. The number of tetrazole rings is 1. The van der Waals surface area contributed by atoms with Crippen LogP contribution in [-0.4, -0.2) is 29.0 Å². The second-order valence-corrected chi connectivity index (χ2v) is 6.74. The number of nitriles is 1. The molecule has 0 saturated heterocycles. The predicted octanol–water partition coefficient (Wildman–Crippen LogP) is 1.25. The van der Waals surface area contributed by atoms with E-state index < -0.39 is 10.0 Å². The van der Waals surface area contributed by atoms with Crippen molar-refractivity contribution in [2.45, 2.75) is 11.4 Å². The minimum absolute atomic E-state index is 0.0638. The number of nitrogens with one attached hydrogen (secondary N) is 3. The van der Waals surface area contributed by atoms with Crippen molar-refractivity contribution in [3.8, 4) is 6.07 Å². The Labute approximate surface area is 148 Å². The lowest BCUT2D eigenvalue weighted by atomic mass is 10.3. The molecule has 0 bridgehead atoms. The fourth-order valence-electron chi connectivity index (χ4n) is 1.97. The molecule has 0 saturated carbocycles. The van der Waals surface area contributed by atoms with E-state index in [1.54, 1.807) is 24.3 Å². The maximum atomic E-state index is 12.3. The first kappa shape index (κ1) is 17.3. The maximum absolute atomic E-state index is 12.3. The van der Waals surface area contributed by atoms with E-state index in [1.807, 2.05) is 6.07 Å². The summed E-state index contributed by atoms with van der Waals surface area (Å²) in [5.74, 6) is 0.670.